The summed E-state index contributed by atoms with van der Waals surface area (Å²) in [5.41, 5.74) is 1.00. The molecule has 0 aromatic carbocycles. The summed E-state index contributed by atoms with van der Waals surface area (Å²) in [6.45, 7) is 4.59. The Kier molecular flexibility index (Phi) is 4.17. The van der Waals surface area contributed by atoms with Crippen molar-refractivity contribution in [2.24, 2.45) is 5.92 Å². The van der Waals surface area contributed by atoms with Crippen molar-refractivity contribution in [2.45, 2.75) is 26.4 Å². The van der Waals surface area contributed by atoms with Crippen molar-refractivity contribution < 1.29 is 14.3 Å². The summed E-state index contributed by atoms with van der Waals surface area (Å²) in [6, 6.07) is 1.86. The van der Waals surface area contributed by atoms with Crippen LogP contribution in [-0.2, 0) is 4.74 Å². The molecule has 0 spiro atoms. The molecule has 80 valence electrons. The molecule has 1 aromatic heterocycles. The van der Waals surface area contributed by atoms with Crippen molar-refractivity contribution in [3.8, 4) is 0 Å². The summed E-state index contributed by atoms with van der Waals surface area (Å²) in [7, 11) is 1.66. The molecule has 1 rings (SSSR count). The Morgan fingerprint density at radius 3 is 2.79 bits per heavy atom. The van der Waals surface area contributed by atoms with Gasteiger partial charge in [-0.3, -0.25) is 0 Å². The van der Waals surface area contributed by atoms with Gasteiger partial charge in [-0.05, 0) is 30.9 Å². The van der Waals surface area contributed by atoms with E-state index in [-0.39, 0.29) is 5.92 Å². The topological polar surface area (TPSA) is 42.6 Å². The van der Waals surface area contributed by atoms with Gasteiger partial charge in [-0.15, -0.1) is 0 Å². The minimum Gasteiger partial charge on any atom is -0.466 e. The number of hydrogen-bond donors (Lipinski definition) is 1. The molecule has 1 N–H and O–H groups in total. The fourth-order valence-electron chi connectivity index (χ4n) is 1.41. The molecule has 2 unspecified atom stereocenters. The normalized spacial score (nSPS) is 15.4. The molecule has 0 radical (unpaired) electrons. The Labute approximate surface area is 84.7 Å². The Bertz CT molecular complexity index is 267. The van der Waals surface area contributed by atoms with Crippen molar-refractivity contribution >= 4 is 0 Å². The van der Waals surface area contributed by atoms with Crippen LogP contribution in [0, 0.1) is 12.8 Å². The van der Waals surface area contributed by atoms with Crippen LogP contribution in [0.3, 0.4) is 0 Å². The molecule has 14 heavy (non-hydrogen) atoms. The largest absolute Gasteiger partial charge is 0.466 e. The molecule has 0 fully saturated rings. The summed E-state index contributed by atoms with van der Waals surface area (Å²) in [4.78, 5) is 0. The van der Waals surface area contributed by atoms with Gasteiger partial charge in [0, 0.05) is 13.7 Å². The summed E-state index contributed by atoms with van der Waals surface area (Å²) in [5.74, 6) is 0.827. The maximum Gasteiger partial charge on any atom is 0.135 e. The summed E-state index contributed by atoms with van der Waals surface area (Å²) in [5, 5.41) is 9.94. The van der Waals surface area contributed by atoms with Crippen LogP contribution < -0.4 is 0 Å². The minimum absolute atomic E-state index is 0.153. The van der Waals surface area contributed by atoms with Crippen molar-refractivity contribution in [3.63, 3.8) is 0 Å². The van der Waals surface area contributed by atoms with E-state index in [1.54, 1.807) is 13.4 Å². The second kappa shape index (κ2) is 5.17. The first-order valence-corrected chi connectivity index (χ1v) is 4.87. The Morgan fingerprint density at radius 2 is 2.29 bits per heavy atom. The van der Waals surface area contributed by atoms with E-state index in [4.69, 9.17) is 9.15 Å². The third-order valence-electron chi connectivity index (χ3n) is 2.49. The highest BCUT2D eigenvalue weighted by atomic mass is 16.5. The molecule has 0 saturated carbocycles. The fourth-order valence-corrected chi connectivity index (χ4v) is 1.41. The highest BCUT2D eigenvalue weighted by Gasteiger charge is 2.20. The van der Waals surface area contributed by atoms with E-state index < -0.39 is 6.10 Å². The van der Waals surface area contributed by atoms with Crippen LogP contribution >= 0.6 is 0 Å². The second-order valence-electron chi connectivity index (χ2n) is 3.67. The van der Waals surface area contributed by atoms with Crippen molar-refractivity contribution in [3.05, 3.63) is 23.7 Å². The summed E-state index contributed by atoms with van der Waals surface area (Å²) < 4.78 is 10.2. The van der Waals surface area contributed by atoms with E-state index >= 15 is 0 Å². The molecule has 1 heterocycles. The number of rotatable bonds is 5. The van der Waals surface area contributed by atoms with Gasteiger partial charge in [-0.2, -0.15) is 0 Å². The average molecular weight is 198 g/mol. The van der Waals surface area contributed by atoms with E-state index in [0.717, 1.165) is 12.0 Å². The van der Waals surface area contributed by atoms with Gasteiger partial charge >= 0.3 is 0 Å². The quantitative estimate of drug-likeness (QED) is 0.789. The molecule has 2 atom stereocenters. The van der Waals surface area contributed by atoms with Crippen LogP contribution in [0.15, 0.2) is 16.7 Å². The van der Waals surface area contributed by atoms with Crippen LogP contribution in [0.4, 0.5) is 0 Å². The zero-order valence-corrected chi connectivity index (χ0v) is 8.99. The van der Waals surface area contributed by atoms with Crippen LogP contribution in [0.2, 0.25) is 0 Å². The van der Waals surface area contributed by atoms with E-state index in [1.165, 1.54) is 0 Å². The number of furan rings is 1. The first-order chi connectivity index (χ1) is 6.66. The highest BCUT2D eigenvalue weighted by Crippen LogP contribution is 2.27. The SMILES string of the molecule is COCCC(C)C(O)c1occc1C. The third-order valence-corrected chi connectivity index (χ3v) is 2.49. The van der Waals surface area contributed by atoms with Gasteiger partial charge in [0.05, 0.1) is 6.26 Å². The number of hydrogen-bond acceptors (Lipinski definition) is 3. The molecule has 3 heteroatoms. The molecular formula is C11H18O3. The smallest absolute Gasteiger partial charge is 0.135 e. The van der Waals surface area contributed by atoms with Crippen LogP contribution in [0.5, 0.6) is 0 Å². The Hall–Kier alpha value is -0.800. The first-order valence-electron chi connectivity index (χ1n) is 4.87. The lowest BCUT2D eigenvalue weighted by Gasteiger charge is -2.17. The van der Waals surface area contributed by atoms with Gasteiger partial charge in [0.1, 0.15) is 11.9 Å². The molecule has 0 aliphatic rings. The predicted octanol–water partition coefficient (Wildman–Crippen LogP) is 2.29. The maximum atomic E-state index is 9.94. The lowest BCUT2D eigenvalue weighted by Crippen LogP contribution is -2.11. The third kappa shape index (κ3) is 2.59. The van der Waals surface area contributed by atoms with Gasteiger partial charge in [-0.25, -0.2) is 0 Å². The molecule has 1 aromatic rings. The fraction of sp³-hybridized carbons (Fsp3) is 0.636. The van der Waals surface area contributed by atoms with Crippen molar-refractivity contribution in [2.75, 3.05) is 13.7 Å². The first kappa shape index (κ1) is 11.3. The average Bonchev–Trinajstić information content (AvgIpc) is 2.59. The Balaban J connectivity index is 2.56. The lowest BCUT2D eigenvalue weighted by molar-refractivity contribution is 0.0709. The van der Waals surface area contributed by atoms with E-state index in [1.807, 2.05) is 19.9 Å². The van der Waals surface area contributed by atoms with Crippen LogP contribution in [0.1, 0.15) is 30.8 Å². The van der Waals surface area contributed by atoms with E-state index in [2.05, 4.69) is 0 Å². The summed E-state index contributed by atoms with van der Waals surface area (Å²) >= 11 is 0. The summed E-state index contributed by atoms with van der Waals surface area (Å²) in [6.07, 6.45) is 1.91. The van der Waals surface area contributed by atoms with Crippen molar-refractivity contribution in [1.29, 1.82) is 0 Å². The molecule has 0 saturated heterocycles. The number of ether oxygens (including phenoxy) is 1. The van der Waals surface area contributed by atoms with Gasteiger partial charge in [0.25, 0.3) is 0 Å². The molecule has 3 nitrogen and oxygen atoms in total. The standard InChI is InChI=1S/C11H18O3/c1-8(4-6-13-3)10(12)11-9(2)5-7-14-11/h5,7-8,10,12H,4,6H2,1-3H3. The molecule has 0 amide bonds. The van der Waals surface area contributed by atoms with Crippen molar-refractivity contribution in [1.82, 2.24) is 0 Å². The Morgan fingerprint density at radius 1 is 1.57 bits per heavy atom. The number of aryl methyl sites for hydroxylation is 1. The monoisotopic (exact) mass is 198 g/mol. The minimum atomic E-state index is -0.528. The highest BCUT2D eigenvalue weighted by molar-refractivity contribution is 5.17. The maximum absolute atomic E-state index is 9.94. The molecule has 0 aliphatic carbocycles. The van der Waals surface area contributed by atoms with Gasteiger partial charge in [-0.1, -0.05) is 6.92 Å². The van der Waals surface area contributed by atoms with Gasteiger partial charge in [0.15, 0.2) is 0 Å². The van der Waals surface area contributed by atoms with E-state index in [0.29, 0.717) is 12.4 Å². The number of aliphatic hydroxyl groups excluding tert-OH is 1. The molecule has 0 bridgehead atoms. The zero-order valence-electron chi connectivity index (χ0n) is 8.99. The number of methoxy groups -OCH3 is 1. The zero-order chi connectivity index (χ0) is 10.6. The van der Waals surface area contributed by atoms with Crippen LogP contribution in [-0.4, -0.2) is 18.8 Å². The van der Waals surface area contributed by atoms with Gasteiger partial charge in [0.2, 0.25) is 0 Å². The predicted molar refractivity (Wildman–Crippen MR) is 54.1 cm³/mol. The van der Waals surface area contributed by atoms with Crippen LogP contribution in [0.25, 0.3) is 0 Å². The van der Waals surface area contributed by atoms with Gasteiger partial charge < -0.3 is 14.3 Å². The number of aliphatic hydroxyl groups is 1. The lowest BCUT2D eigenvalue weighted by atomic mass is 9.98. The molecular weight excluding hydrogens is 180 g/mol. The van der Waals surface area contributed by atoms with E-state index in [9.17, 15) is 5.11 Å². The second-order valence-corrected chi connectivity index (χ2v) is 3.67. The molecule has 0 aliphatic heterocycles.